The fraction of sp³-hybridized carbons (Fsp3) is 0.500. The number of hydrogen-bond acceptors (Lipinski definition) is 8. The Labute approximate surface area is 239 Å². The van der Waals surface area contributed by atoms with Gasteiger partial charge >= 0.3 is 6.09 Å². The highest BCUT2D eigenvalue weighted by Gasteiger charge is 2.44. The van der Waals surface area contributed by atoms with E-state index in [1.54, 1.807) is 48.7 Å². The number of nitrogens with two attached hydrogens (primary N) is 1. The molecule has 3 amide bonds. The number of carbonyl (C=O) groups is 3. The second-order valence-corrected chi connectivity index (χ2v) is 10.8. The molecule has 1 aromatic heterocycles. The highest BCUT2D eigenvalue weighted by Crippen LogP contribution is 2.40. The number of pyridine rings is 1. The Morgan fingerprint density at radius 3 is 2.32 bits per heavy atom. The minimum Gasteiger partial charge on any atom is -0.493 e. The molecule has 11 heteroatoms. The van der Waals surface area contributed by atoms with E-state index in [4.69, 9.17) is 25.0 Å². The van der Waals surface area contributed by atoms with Gasteiger partial charge in [-0.1, -0.05) is 12.8 Å². The Bertz CT molecular complexity index is 1290. The van der Waals surface area contributed by atoms with Crippen LogP contribution in [0.15, 0.2) is 47.8 Å². The Morgan fingerprint density at radius 1 is 0.976 bits per heavy atom. The van der Waals surface area contributed by atoms with Crippen LogP contribution in [-0.4, -0.2) is 78.0 Å². The number of ether oxygens (including phenoxy) is 3. The first kappa shape index (κ1) is 28.4. The van der Waals surface area contributed by atoms with E-state index in [1.165, 1.54) is 0 Å². The Morgan fingerprint density at radius 2 is 1.66 bits per heavy atom. The van der Waals surface area contributed by atoms with Gasteiger partial charge in [0.2, 0.25) is 5.91 Å². The summed E-state index contributed by atoms with van der Waals surface area (Å²) in [5.74, 6) is 0.974. The monoisotopic (exact) mass is 563 g/mol. The van der Waals surface area contributed by atoms with Gasteiger partial charge in [0.1, 0.15) is 0 Å². The molecule has 0 unspecified atom stereocenters. The number of carbonyl (C=O) groups excluding carboxylic acids is 3. The number of likely N-dealkylation sites (tertiary alicyclic amines) is 1. The van der Waals surface area contributed by atoms with Gasteiger partial charge in [0.05, 0.1) is 26.0 Å². The minimum atomic E-state index is -1.03. The molecule has 0 bridgehead atoms. The molecular formula is C30H37N5O6. The number of piperidine rings is 1. The van der Waals surface area contributed by atoms with Crippen LogP contribution >= 0.6 is 0 Å². The van der Waals surface area contributed by atoms with E-state index in [9.17, 15) is 14.4 Å². The number of rotatable bonds is 8. The maximum Gasteiger partial charge on any atom is 0.405 e. The van der Waals surface area contributed by atoms with Crippen molar-refractivity contribution in [1.82, 2.24) is 14.9 Å². The number of hydrazone groups is 1. The summed E-state index contributed by atoms with van der Waals surface area (Å²) < 4.78 is 16.2. The van der Waals surface area contributed by atoms with E-state index in [-0.39, 0.29) is 36.1 Å². The maximum atomic E-state index is 13.7. The van der Waals surface area contributed by atoms with Gasteiger partial charge in [-0.25, -0.2) is 9.80 Å². The third-order valence-corrected chi connectivity index (χ3v) is 8.38. The molecule has 3 aliphatic rings. The van der Waals surface area contributed by atoms with Crippen molar-refractivity contribution in [3.05, 3.63) is 53.9 Å². The summed E-state index contributed by atoms with van der Waals surface area (Å²) in [5.41, 5.74) is 7.92. The van der Waals surface area contributed by atoms with E-state index < -0.39 is 12.2 Å². The number of aromatic nitrogens is 1. The van der Waals surface area contributed by atoms with Crippen molar-refractivity contribution in [1.29, 1.82) is 0 Å². The molecule has 3 atom stereocenters. The first-order valence-electron chi connectivity index (χ1n) is 14.2. The highest BCUT2D eigenvalue weighted by molar-refractivity contribution is 6.07. The van der Waals surface area contributed by atoms with Crippen LogP contribution in [0.25, 0.3) is 0 Å². The Balaban J connectivity index is 1.34. The number of fused-ring (bicyclic) bond motifs is 1. The van der Waals surface area contributed by atoms with Crippen molar-refractivity contribution in [2.24, 2.45) is 22.7 Å². The molecular weight excluding hydrogens is 526 g/mol. The van der Waals surface area contributed by atoms with Gasteiger partial charge in [-0.3, -0.25) is 14.6 Å². The molecule has 2 fully saturated rings. The van der Waals surface area contributed by atoms with E-state index in [1.807, 2.05) is 18.2 Å². The topological polar surface area (TPSA) is 137 Å². The van der Waals surface area contributed by atoms with Crippen molar-refractivity contribution in [3.63, 3.8) is 0 Å². The van der Waals surface area contributed by atoms with Crippen LogP contribution in [-0.2, 0) is 20.7 Å². The largest absolute Gasteiger partial charge is 0.493 e. The predicted octanol–water partition coefficient (Wildman–Crippen LogP) is 3.15. The lowest BCUT2D eigenvalue weighted by Gasteiger charge is -2.43. The molecule has 0 spiro atoms. The number of amides is 3. The quantitative estimate of drug-likeness (QED) is 0.521. The number of primary amides is 1. The van der Waals surface area contributed by atoms with Crippen molar-refractivity contribution >= 4 is 23.6 Å². The van der Waals surface area contributed by atoms with Crippen LogP contribution in [0, 0.1) is 11.8 Å². The second-order valence-electron chi connectivity index (χ2n) is 10.8. The summed E-state index contributed by atoms with van der Waals surface area (Å²) in [6.45, 7) is 0.828. The first-order valence-corrected chi connectivity index (χ1v) is 14.2. The first-order chi connectivity index (χ1) is 19.9. The molecule has 218 valence electrons. The molecule has 41 heavy (non-hydrogen) atoms. The molecule has 0 radical (unpaired) electrons. The van der Waals surface area contributed by atoms with Crippen LogP contribution in [0.5, 0.6) is 11.5 Å². The minimum absolute atomic E-state index is 0.0622. The van der Waals surface area contributed by atoms with E-state index in [0.29, 0.717) is 37.4 Å². The molecule has 5 rings (SSSR count). The highest BCUT2D eigenvalue weighted by atomic mass is 16.6. The summed E-state index contributed by atoms with van der Waals surface area (Å²) in [7, 11) is 3.21. The van der Waals surface area contributed by atoms with Gasteiger partial charge in [-0.2, -0.15) is 5.10 Å². The predicted molar refractivity (Wildman–Crippen MR) is 150 cm³/mol. The zero-order chi connectivity index (χ0) is 28.9. The third kappa shape index (κ3) is 6.13. The molecule has 1 saturated carbocycles. The standard InChI is InChI=1S/C30H37N5O6/c1-39-24-8-7-20(18-25(24)40-2)27-22-5-3-4-6-23(22)28(36)35(33-27)21-11-15-34(16-12-21)29(37)26(41-30(31)38)17-19-9-13-32-14-10-19/h7-10,13-14,18,21-23,26H,3-6,11-12,15-17H2,1-2H3,(H2,31,38)/t22-,23+,26-/m0/s1. The van der Waals surface area contributed by atoms with Crippen molar-refractivity contribution < 1.29 is 28.6 Å². The van der Waals surface area contributed by atoms with E-state index in [0.717, 1.165) is 42.5 Å². The number of nitrogens with zero attached hydrogens (tertiary/aromatic N) is 4. The summed E-state index contributed by atoms with van der Waals surface area (Å²) in [6, 6.07) is 9.18. The number of hydrogen-bond donors (Lipinski definition) is 1. The molecule has 2 N–H and O–H groups in total. The maximum absolute atomic E-state index is 13.7. The van der Waals surface area contributed by atoms with Gasteiger partial charge in [0, 0.05) is 49.3 Å². The van der Waals surface area contributed by atoms with Crippen LogP contribution in [0.2, 0.25) is 0 Å². The average molecular weight is 564 g/mol. The summed E-state index contributed by atoms with van der Waals surface area (Å²) in [5, 5.41) is 6.66. The van der Waals surface area contributed by atoms with Crippen LogP contribution < -0.4 is 15.2 Å². The molecule has 3 heterocycles. The second kappa shape index (κ2) is 12.6. The van der Waals surface area contributed by atoms with E-state index >= 15 is 0 Å². The lowest BCUT2D eigenvalue weighted by molar-refractivity contribution is -0.145. The zero-order valence-corrected chi connectivity index (χ0v) is 23.5. The van der Waals surface area contributed by atoms with Crippen LogP contribution in [0.4, 0.5) is 4.79 Å². The van der Waals surface area contributed by atoms with Gasteiger partial charge < -0.3 is 24.8 Å². The Kier molecular flexibility index (Phi) is 8.70. The SMILES string of the molecule is COc1ccc(C2=NN(C3CCN(C(=O)[C@H](Cc4ccncc4)OC(N)=O)CC3)C(=O)[C@@H]3CCCC[C@H]23)cc1OC. The molecule has 1 saturated heterocycles. The number of benzene rings is 1. The average Bonchev–Trinajstić information content (AvgIpc) is 3.01. The third-order valence-electron chi connectivity index (χ3n) is 8.38. The lowest BCUT2D eigenvalue weighted by atomic mass is 9.73. The molecule has 1 aliphatic carbocycles. The summed E-state index contributed by atoms with van der Waals surface area (Å²) >= 11 is 0. The van der Waals surface area contributed by atoms with E-state index in [2.05, 4.69) is 4.98 Å². The molecule has 11 nitrogen and oxygen atoms in total. The normalized spacial score (nSPS) is 21.9. The van der Waals surface area contributed by atoms with Gasteiger partial charge in [0.25, 0.3) is 5.91 Å². The van der Waals surface area contributed by atoms with Crippen LogP contribution in [0.3, 0.4) is 0 Å². The fourth-order valence-electron chi connectivity index (χ4n) is 6.28. The van der Waals surface area contributed by atoms with Crippen molar-refractivity contribution in [2.75, 3.05) is 27.3 Å². The van der Waals surface area contributed by atoms with Gasteiger partial charge in [-0.05, 0) is 61.6 Å². The summed E-state index contributed by atoms with van der Waals surface area (Å²) in [6.07, 6.45) is 6.40. The smallest absolute Gasteiger partial charge is 0.405 e. The molecule has 2 aromatic rings. The summed E-state index contributed by atoms with van der Waals surface area (Å²) in [4.78, 5) is 44.3. The fourth-order valence-corrected chi connectivity index (χ4v) is 6.28. The molecule has 1 aromatic carbocycles. The van der Waals surface area contributed by atoms with Gasteiger partial charge in [0.15, 0.2) is 17.6 Å². The zero-order valence-electron chi connectivity index (χ0n) is 23.5. The van der Waals surface area contributed by atoms with Crippen molar-refractivity contribution in [2.45, 2.75) is 57.1 Å². The Hall–Kier alpha value is -4.15. The van der Waals surface area contributed by atoms with Crippen LogP contribution in [0.1, 0.15) is 49.7 Å². The lowest BCUT2D eigenvalue weighted by Crippen LogP contribution is -2.54. The van der Waals surface area contributed by atoms with Crippen molar-refractivity contribution in [3.8, 4) is 11.5 Å². The number of methoxy groups -OCH3 is 2. The van der Waals surface area contributed by atoms with Gasteiger partial charge in [-0.15, -0.1) is 0 Å². The molecule has 2 aliphatic heterocycles.